The van der Waals surface area contributed by atoms with Gasteiger partial charge >= 0.3 is 0 Å². The molecule has 0 unspecified atom stereocenters. The van der Waals surface area contributed by atoms with Crippen LogP contribution < -0.4 is 15.0 Å². The fourth-order valence-electron chi connectivity index (χ4n) is 3.28. The minimum atomic E-state index is 0.0159. The maximum Gasteiger partial charge on any atom is 0.253 e. The molecule has 0 saturated carbocycles. The molecule has 1 aliphatic heterocycles. The van der Waals surface area contributed by atoms with Crippen molar-refractivity contribution in [1.29, 1.82) is 0 Å². The first-order chi connectivity index (χ1) is 14.6. The predicted molar refractivity (Wildman–Crippen MR) is 118 cm³/mol. The topological polar surface area (TPSA) is 70.6 Å². The van der Waals surface area contributed by atoms with Crippen LogP contribution in [0.5, 0.6) is 5.75 Å². The van der Waals surface area contributed by atoms with E-state index in [-0.39, 0.29) is 5.91 Å². The van der Waals surface area contributed by atoms with E-state index < -0.39 is 0 Å². The van der Waals surface area contributed by atoms with Crippen LogP contribution in [-0.4, -0.2) is 54.1 Å². The molecule has 0 bridgehead atoms. The molecular formula is C22H22ClN5O2. The van der Waals surface area contributed by atoms with Crippen molar-refractivity contribution in [3.63, 3.8) is 0 Å². The third-order valence-electron chi connectivity index (χ3n) is 4.95. The first-order valence-electron chi connectivity index (χ1n) is 9.66. The highest BCUT2D eigenvalue weighted by Gasteiger charge is 2.23. The minimum absolute atomic E-state index is 0.0159. The molecule has 0 aliphatic carbocycles. The molecular weight excluding hydrogens is 402 g/mol. The normalized spacial score (nSPS) is 13.8. The number of benzene rings is 2. The van der Waals surface area contributed by atoms with Gasteiger partial charge in [0.1, 0.15) is 11.6 Å². The Kier molecular flexibility index (Phi) is 5.99. The number of piperazine rings is 1. The van der Waals surface area contributed by atoms with Gasteiger partial charge < -0.3 is 19.9 Å². The van der Waals surface area contributed by atoms with Gasteiger partial charge in [-0.25, -0.2) is 4.98 Å². The summed E-state index contributed by atoms with van der Waals surface area (Å²) in [5.41, 5.74) is 1.56. The summed E-state index contributed by atoms with van der Waals surface area (Å²) in [5.74, 6) is 2.18. The van der Waals surface area contributed by atoms with E-state index in [0.29, 0.717) is 48.5 Å². The number of hydrogen-bond donors (Lipinski definition) is 1. The van der Waals surface area contributed by atoms with E-state index in [1.165, 1.54) is 0 Å². The number of halogens is 1. The second-order valence-corrected chi connectivity index (χ2v) is 7.32. The maximum atomic E-state index is 12.7. The number of aromatic nitrogens is 2. The van der Waals surface area contributed by atoms with Gasteiger partial charge in [-0.1, -0.05) is 11.6 Å². The Bertz CT molecular complexity index is 1000. The molecule has 154 valence electrons. The summed E-state index contributed by atoms with van der Waals surface area (Å²) < 4.78 is 5.18. The lowest BCUT2D eigenvalue weighted by Gasteiger charge is -2.34. The molecule has 1 aromatic heterocycles. The predicted octanol–water partition coefficient (Wildman–Crippen LogP) is 3.84. The second-order valence-electron chi connectivity index (χ2n) is 6.88. The highest BCUT2D eigenvalue weighted by molar-refractivity contribution is 6.30. The number of nitrogens with zero attached hydrogens (tertiary/aromatic N) is 4. The van der Waals surface area contributed by atoms with Gasteiger partial charge in [0.25, 0.3) is 5.91 Å². The number of hydrogen-bond acceptors (Lipinski definition) is 6. The highest BCUT2D eigenvalue weighted by Crippen LogP contribution is 2.21. The number of rotatable bonds is 5. The molecule has 8 heteroatoms. The van der Waals surface area contributed by atoms with E-state index in [1.54, 1.807) is 37.6 Å². The average molecular weight is 424 g/mol. The van der Waals surface area contributed by atoms with Gasteiger partial charge in [0.15, 0.2) is 0 Å². The second kappa shape index (κ2) is 9.00. The van der Waals surface area contributed by atoms with Gasteiger partial charge in [-0.05, 0) is 54.6 Å². The van der Waals surface area contributed by atoms with Gasteiger partial charge in [0, 0.05) is 48.6 Å². The van der Waals surface area contributed by atoms with E-state index in [1.807, 2.05) is 35.2 Å². The van der Waals surface area contributed by atoms with Crippen LogP contribution in [0.2, 0.25) is 5.02 Å². The molecule has 0 radical (unpaired) electrons. The lowest BCUT2D eigenvalue weighted by atomic mass is 10.2. The van der Waals surface area contributed by atoms with Crippen LogP contribution in [0.15, 0.2) is 60.8 Å². The lowest BCUT2D eigenvalue weighted by molar-refractivity contribution is 0.0746. The van der Waals surface area contributed by atoms with E-state index in [2.05, 4.69) is 20.2 Å². The summed E-state index contributed by atoms with van der Waals surface area (Å²) in [5, 5.41) is 3.90. The molecule has 7 nitrogen and oxygen atoms in total. The Hall–Kier alpha value is -3.32. The summed E-state index contributed by atoms with van der Waals surface area (Å²) in [7, 11) is 1.64. The SMILES string of the molecule is COc1ccc(Nc2ccnc(N3CCN(C(=O)c4ccc(Cl)cc4)CC3)n2)cc1. The summed E-state index contributed by atoms with van der Waals surface area (Å²) in [6.45, 7) is 2.57. The highest BCUT2D eigenvalue weighted by atomic mass is 35.5. The first-order valence-corrected chi connectivity index (χ1v) is 10.0. The van der Waals surface area contributed by atoms with Crippen LogP contribution in [0.1, 0.15) is 10.4 Å². The van der Waals surface area contributed by atoms with Gasteiger partial charge in [-0.3, -0.25) is 4.79 Å². The first kappa shape index (κ1) is 20.0. The fourth-order valence-corrected chi connectivity index (χ4v) is 3.40. The van der Waals surface area contributed by atoms with E-state index in [9.17, 15) is 4.79 Å². The number of carbonyl (C=O) groups excluding carboxylic acids is 1. The average Bonchev–Trinajstić information content (AvgIpc) is 2.80. The minimum Gasteiger partial charge on any atom is -0.497 e. The molecule has 0 atom stereocenters. The number of carbonyl (C=O) groups is 1. The number of ether oxygens (including phenoxy) is 1. The zero-order valence-corrected chi connectivity index (χ0v) is 17.3. The Morgan fingerprint density at radius 2 is 1.70 bits per heavy atom. The van der Waals surface area contributed by atoms with Crippen LogP contribution >= 0.6 is 11.6 Å². The van der Waals surface area contributed by atoms with Crippen LogP contribution in [-0.2, 0) is 0 Å². The van der Waals surface area contributed by atoms with Crippen molar-refractivity contribution < 1.29 is 9.53 Å². The smallest absolute Gasteiger partial charge is 0.253 e. The summed E-state index contributed by atoms with van der Waals surface area (Å²) in [6, 6.07) is 16.5. The van der Waals surface area contributed by atoms with Crippen molar-refractivity contribution >= 4 is 35.0 Å². The molecule has 1 amide bonds. The number of methoxy groups -OCH3 is 1. The standard InChI is InChI=1S/C22H22ClN5O2/c1-30-19-8-6-18(7-9-19)25-20-10-11-24-22(26-20)28-14-12-27(13-15-28)21(29)16-2-4-17(23)5-3-16/h2-11H,12-15H2,1H3,(H,24,25,26). The van der Waals surface area contributed by atoms with Crippen molar-refractivity contribution in [1.82, 2.24) is 14.9 Å². The van der Waals surface area contributed by atoms with Gasteiger partial charge in [-0.2, -0.15) is 4.98 Å². The van der Waals surface area contributed by atoms with E-state index >= 15 is 0 Å². The Labute approximate surface area is 180 Å². The molecule has 30 heavy (non-hydrogen) atoms. The monoisotopic (exact) mass is 423 g/mol. The largest absolute Gasteiger partial charge is 0.497 e. The summed E-state index contributed by atoms with van der Waals surface area (Å²) >= 11 is 5.91. The molecule has 1 fully saturated rings. The van der Waals surface area contributed by atoms with Gasteiger partial charge in [-0.15, -0.1) is 0 Å². The fraction of sp³-hybridized carbons (Fsp3) is 0.227. The summed E-state index contributed by atoms with van der Waals surface area (Å²) in [4.78, 5) is 25.6. The van der Waals surface area contributed by atoms with Crippen molar-refractivity contribution in [2.24, 2.45) is 0 Å². The lowest BCUT2D eigenvalue weighted by Crippen LogP contribution is -2.49. The quantitative estimate of drug-likeness (QED) is 0.672. The molecule has 4 rings (SSSR count). The summed E-state index contributed by atoms with van der Waals surface area (Å²) in [6.07, 6.45) is 1.74. The molecule has 2 heterocycles. The Morgan fingerprint density at radius 1 is 1.00 bits per heavy atom. The van der Waals surface area contributed by atoms with Crippen LogP contribution in [0.4, 0.5) is 17.5 Å². The van der Waals surface area contributed by atoms with Crippen LogP contribution in [0, 0.1) is 0 Å². The maximum absolute atomic E-state index is 12.7. The Morgan fingerprint density at radius 3 is 2.37 bits per heavy atom. The van der Waals surface area contributed by atoms with E-state index in [0.717, 1.165) is 11.4 Å². The van der Waals surface area contributed by atoms with E-state index in [4.69, 9.17) is 16.3 Å². The number of nitrogens with one attached hydrogen (secondary N) is 1. The van der Waals surface area contributed by atoms with Crippen molar-refractivity contribution in [2.75, 3.05) is 43.5 Å². The third-order valence-corrected chi connectivity index (χ3v) is 5.20. The molecule has 3 aromatic rings. The van der Waals surface area contributed by atoms with Crippen LogP contribution in [0.3, 0.4) is 0 Å². The van der Waals surface area contributed by atoms with Crippen molar-refractivity contribution in [3.8, 4) is 5.75 Å². The molecule has 1 saturated heterocycles. The third kappa shape index (κ3) is 4.63. The van der Waals surface area contributed by atoms with Crippen LogP contribution in [0.25, 0.3) is 0 Å². The molecule has 1 N–H and O–H groups in total. The number of amides is 1. The number of anilines is 3. The van der Waals surface area contributed by atoms with Crippen molar-refractivity contribution in [3.05, 3.63) is 71.4 Å². The zero-order chi connectivity index (χ0) is 20.9. The van der Waals surface area contributed by atoms with Gasteiger partial charge in [0.2, 0.25) is 5.95 Å². The van der Waals surface area contributed by atoms with Crippen molar-refractivity contribution in [2.45, 2.75) is 0 Å². The molecule has 2 aromatic carbocycles. The van der Waals surface area contributed by atoms with Gasteiger partial charge in [0.05, 0.1) is 7.11 Å². The molecule has 1 aliphatic rings. The Balaban J connectivity index is 1.38. The zero-order valence-electron chi connectivity index (χ0n) is 16.6. The molecule has 0 spiro atoms.